The van der Waals surface area contributed by atoms with E-state index < -0.39 is 0 Å². The van der Waals surface area contributed by atoms with Crippen LogP contribution in [0.4, 0.5) is 5.82 Å². The minimum absolute atomic E-state index is 0.336. The summed E-state index contributed by atoms with van der Waals surface area (Å²) < 4.78 is 7.97. The fourth-order valence-corrected chi connectivity index (χ4v) is 5.39. The summed E-state index contributed by atoms with van der Waals surface area (Å²) in [5, 5.41) is 3.67. The van der Waals surface area contributed by atoms with Crippen molar-refractivity contribution in [1.29, 1.82) is 0 Å². The van der Waals surface area contributed by atoms with Gasteiger partial charge in [0.15, 0.2) is 17.0 Å². The zero-order valence-electron chi connectivity index (χ0n) is 21.7. The van der Waals surface area contributed by atoms with Gasteiger partial charge in [-0.25, -0.2) is 4.98 Å². The lowest BCUT2D eigenvalue weighted by atomic mass is 9.92. The summed E-state index contributed by atoms with van der Waals surface area (Å²) in [6.45, 7) is 4.22. The van der Waals surface area contributed by atoms with Crippen LogP contribution >= 0.6 is 0 Å². The molecular weight excluding hydrogens is 460 g/mol. The lowest BCUT2D eigenvalue weighted by Crippen LogP contribution is -2.34. The number of anilines is 1. The van der Waals surface area contributed by atoms with E-state index in [0.717, 1.165) is 43.7 Å². The highest BCUT2D eigenvalue weighted by Gasteiger charge is 2.18. The highest BCUT2D eigenvalue weighted by molar-refractivity contribution is 5.82. The third-order valence-electron chi connectivity index (χ3n) is 7.84. The molecule has 7 nitrogen and oxygen atoms in total. The molecule has 1 aliphatic heterocycles. The second kappa shape index (κ2) is 10.5. The molecule has 2 aliphatic rings. The number of benzene rings is 2. The number of aryl methyl sites for hydroxylation is 2. The molecule has 2 aromatic heterocycles. The Hall–Kier alpha value is -3.45. The molecule has 0 atom stereocenters. The first-order valence-corrected chi connectivity index (χ1v) is 13.7. The van der Waals surface area contributed by atoms with Crippen LogP contribution in [0.2, 0.25) is 0 Å². The summed E-state index contributed by atoms with van der Waals surface area (Å²) in [5.74, 6) is 1.24. The second-order valence-electron chi connectivity index (χ2n) is 10.5. The Morgan fingerprint density at radius 1 is 0.973 bits per heavy atom. The van der Waals surface area contributed by atoms with Gasteiger partial charge in [-0.3, -0.25) is 0 Å². The number of ether oxygens (including phenoxy) is 1. The first kappa shape index (κ1) is 23.9. The van der Waals surface area contributed by atoms with Crippen LogP contribution < -0.4 is 15.8 Å². The number of nitrogens with two attached hydrogens (primary N) is 1. The third kappa shape index (κ3) is 5.18. The van der Waals surface area contributed by atoms with E-state index in [9.17, 15) is 0 Å². The quantitative estimate of drug-likeness (QED) is 0.384. The predicted molar refractivity (Wildman–Crippen MR) is 148 cm³/mol. The molecule has 0 spiro atoms. The van der Waals surface area contributed by atoms with Gasteiger partial charge in [0.1, 0.15) is 5.82 Å². The van der Waals surface area contributed by atoms with E-state index in [1.807, 2.05) is 6.92 Å². The van der Waals surface area contributed by atoms with E-state index in [4.69, 9.17) is 10.5 Å². The maximum Gasteiger partial charge on any atom is 0.320 e. The number of nitrogen functional groups attached to an aromatic ring is 1. The van der Waals surface area contributed by atoms with Crippen LogP contribution in [0.3, 0.4) is 0 Å². The van der Waals surface area contributed by atoms with E-state index in [1.54, 1.807) is 0 Å². The van der Waals surface area contributed by atoms with Gasteiger partial charge < -0.3 is 20.4 Å². The summed E-state index contributed by atoms with van der Waals surface area (Å²) >= 11 is 0. The highest BCUT2D eigenvalue weighted by atomic mass is 16.5. The number of imidazole rings is 1. The van der Waals surface area contributed by atoms with Gasteiger partial charge in [-0.2, -0.15) is 9.97 Å². The zero-order valence-corrected chi connectivity index (χ0v) is 21.7. The van der Waals surface area contributed by atoms with Crippen LogP contribution in [0.25, 0.3) is 22.3 Å². The number of aromatic nitrogens is 4. The summed E-state index contributed by atoms with van der Waals surface area (Å²) in [5.41, 5.74) is 14.2. The lowest BCUT2D eigenvalue weighted by molar-refractivity contribution is 0.283. The number of fused-ring (bicyclic) bond motifs is 3. The Labute approximate surface area is 218 Å². The van der Waals surface area contributed by atoms with E-state index in [1.165, 1.54) is 53.5 Å². The lowest BCUT2D eigenvalue weighted by Gasteiger charge is -2.26. The van der Waals surface area contributed by atoms with Crippen LogP contribution in [-0.4, -0.2) is 32.2 Å². The molecule has 3 N–H and O–H groups in total. The van der Waals surface area contributed by atoms with Crippen molar-refractivity contribution in [2.45, 2.75) is 77.4 Å². The van der Waals surface area contributed by atoms with Gasteiger partial charge in [-0.05, 0) is 66.8 Å². The predicted octanol–water partition coefficient (Wildman–Crippen LogP) is 5.57. The minimum Gasteiger partial charge on any atom is -0.463 e. The van der Waals surface area contributed by atoms with Gasteiger partial charge >= 0.3 is 6.01 Å². The molecule has 1 aliphatic carbocycles. The summed E-state index contributed by atoms with van der Waals surface area (Å²) in [4.78, 5) is 13.7. The normalized spacial score (nSPS) is 16.7. The van der Waals surface area contributed by atoms with Gasteiger partial charge in [0.25, 0.3) is 0 Å². The third-order valence-corrected chi connectivity index (χ3v) is 7.84. The Morgan fingerprint density at radius 3 is 2.62 bits per heavy atom. The van der Waals surface area contributed by atoms with Crippen LogP contribution in [0.1, 0.15) is 67.5 Å². The SMILES string of the molecule is Cc1nc2c(N)nc3nc2n1Cc1ccc(-c2ccc(CNC4CCC4)cc2)c(c1)CCCCCCO3. The summed E-state index contributed by atoms with van der Waals surface area (Å²) in [6.07, 6.45) is 9.48. The molecule has 0 amide bonds. The van der Waals surface area contributed by atoms with Crippen molar-refractivity contribution >= 4 is 17.0 Å². The Kier molecular flexibility index (Phi) is 6.79. The maximum atomic E-state index is 6.22. The van der Waals surface area contributed by atoms with Crippen LogP contribution in [0.5, 0.6) is 6.01 Å². The van der Waals surface area contributed by atoms with E-state index in [0.29, 0.717) is 36.5 Å². The van der Waals surface area contributed by atoms with Crippen LogP contribution in [0.15, 0.2) is 42.5 Å². The van der Waals surface area contributed by atoms with Crippen molar-refractivity contribution in [1.82, 2.24) is 24.8 Å². The first-order chi connectivity index (χ1) is 18.1. The molecule has 7 heteroatoms. The van der Waals surface area contributed by atoms with Crippen molar-refractivity contribution in [3.8, 4) is 17.1 Å². The van der Waals surface area contributed by atoms with Gasteiger partial charge in [0.05, 0.1) is 13.2 Å². The fraction of sp³-hybridized carbons (Fsp3) is 0.433. The molecule has 0 saturated heterocycles. The Bertz CT molecular complexity index is 1390. The van der Waals surface area contributed by atoms with Crippen molar-refractivity contribution < 1.29 is 4.74 Å². The van der Waals surface area contributed by atoms with E-state index in [-0.39, 0.29) is 0 Å². The minimum atomic E-state index is 0.336. The topological polar surface area (TPSA) is 90.9 Å². The van der Waals surface area contributed by atoms with Crippen molar-refractivity contribution in [3.63, 3.8) is 0 Å². The molecule has 192 valence electrons. The molecule has 37 heavy (non-hydrogen) atoms. The van der Waals surface area contributed by atoms with Gasteiger partial charge in [0.2, 0.25) is 0 Å². The van der Waals surface area contributed by atoms with Gasteiger partial charge in [0, 0.05) is 12.6 Å². The molecule has 3 heterocycles. The van der Waals surface area contributed by atoms with Crippen LogP contribution in [0, 0.1) is 6.92 Å². The molecule has 2 aromatic carbocycles. The molecule has 6 rings (SSSR count). The highest BCUT2D eigenvalue weighted by Crippen LogP contribution is 2.29. The average Bonchev–Trinajstić information content (AvgIpc) is 3.18. The van der Waals surface area contributed by atoms with E-state index in [2.05, 4.69) is 67.3 Å². The van der Waals surface area contributed by atoms with E-state index >= 15 is 0 Å². The molecule has 1 fully saturated rings. The average molecular weight is 497 g/mol. The fourth-order valence-electron chi connectivity index (χ4n) is 5.39. The largest absolute Gasteiger partial charge is 0.463 e. The number of rotatable bonds is 4. The molecule has 0 unspecified atom stereocenters. The summed E-state index contributed by atoms with van der Waals surface area (Å²) in [7, 11) is 0. The zero-order chi connectivity index (χ0) is 25.2. The molecule has 1 saturated carbocycles. The van der Waals surface area contributed by atoms with Crippen LogP contribution in [-0.2, 0) is 19.5 Å². The maximum absolute atomic E-state index is 6.22. The number of nitrogens with zero attached hydrogens (tertiary/aromatic N) is 4. The number of hydrogen-bond acceptors (Lipinski definition) is 6. The standard InChI is InChI=1S/C30H36N6O/c1-20-33-27-28(31)34-30-35-29(27)36(20)19-22-12-15-26(24(17-22)7-4-2-3-5-16-37-30)23-13-10-21(11-14-23)18-32-25-8-6-9-25/h10-15,17,25,32H,2-9,16,18-19H2,1H3,(H2,31,34,35). The first-order valence-electron chi connectivity index (χ1n) is 13.7. The van der Waals surface area contributed by atoms with Gasteiger partial charge in [-0.15, -0.1) is 0 Å². The number of hydrogen-bond donors (Lipinski definition) is 2. The number of nitrogens with one attached hydrogen (secondary N) is 1. The van der Waals surface area contributed by atoms with Crippen molar-refractivity contribution in [2.75, 3.05) is 12.3 Å². The Morgan fingerprint density at radius 2 is 1.81 bits per heavy atom. The van der Waals surface area contributed by atoms with Crippen molar-refractivity contribution in [3.05, 3.63) is 65.0 Å². The molecule has 0 radical (unpaired) electrons. The second-order valence-corrected chi connectivity index (χ2v) is 10.5. The smallest absolute Gasteiger partial charge is 0.320 e. The molecule has 4 aromatic rings. The molecular formula is C30H36N6O. The monoisotopic (exact) mass is 496 g/mol. The molecule has 4 bridgehead atoms. The van der Waals surface area contributed by atoms with Crippen molar-refractivity contribution in [2.24, 2.45) is 0 Å². The Balaban J connectivity index is 1.31. The summed E-state index contributed by atoms with van der Waals surface area (Å²) in [6, 6.07) is 17.1. The van der Waals surface area contributed by atoms with Gasteiger partial charge in [-0.1, -0.05) is 61.7 Å².